The Labute approximate surface area is 158 Å². The van der Waals surface area contributed by atoms with E-state index in [1.54, 1.807) is 24.3 Å². The fourth-order valence-corrected chi connectivity index (χ4v) is 2.26. The predicted molar refractivity (Wildman–Crippen MR) is 96.3 cm³/mol. The highest BCUT2D eigenvalue weighted by atomic mass is 35.5. The molecule has 1 amide bonds. The van der Waals surface area contributed by atoms with Crippen LogP contribution in [0.2, 0.25) is 15.2 Å². The molecule has 10 heteroatoms. The van der Waals surface area contributed by atoms with Crippen molar-refractivity contribution in [1.29, 1.82) is 5.26 Å². The number of amides is 1. The number of carbonyl (C=O) groups is 1. The van der Waals surface area contributed by atoms with E-state index in [0.29, 0.717) is 11.3 Å². The van der Waals surface area contributed by atoms with Crippen molar-refractivity contribution in [2.24, 2.45) is 5.10 Å². The van der Waals surface area contributed by atoms with Gasteiger partial charge in [-0.25, -0.2) is 10.4 Å². The smallest absolute Gasteiger partial charge is 0.291 e. The number of aromatic nitrogens is 1. The second-order valence-corrected chi connectivity index (χ2v) is 5.62. The van der Waals surface area contributed by atoms with Crippen molar-refractivity contribution in [3.8, 4) is 11.8 Å². The molecule has 0 unspecified atom stereocenters. The summed E-state index contributed by atoms with van der Waals surface area (Å²) in [7, 11) is 0. The highest BCUT2D eigenvalue weighted by Crippen LogP contribution is 2.34. The number of nitrogens with one attached hydrogen (secondary N) is 1. The Balaban J connectivity index is 2.05. The Hall–Kier alpha value is -2.53. The number of anilines is 1. The molecule has 0 atom stereocenters. The number of rotatable bonds is 5. The van der Waals surface area contributed by atoms with Crippen LogP contribution in [0, 0.1) is 11.3 Å². The Morgan fingerprint density at radius 1 is 1.32 bits per heavy atom. The second kappa shape index (κ2) is 8.53. The van der Waals surface area contributed by atoms with Crippen LogP contribution < -0.4 is 15.9 Å². The van der Waals surface area contributed by atoms with Gasteiger partial charge in [-0.3, -0.25) is 4.79 Å². The summed E-state index contributed by atoms with van der Waals surface area (Å²) in [6.07, 6.45) is 1.40. The minimum Gasteiger partial charge on any atom is -0.479 e. The molecule has 1 aromatic heterocycles. The van der Waals surface area contributed by atoms with E-state index in [-0.39, 0.29) is 33.2 Å². The SMILES string of the molecule is N#CCOc1ccc(/C=N\NC(=O)c2nc(Cl)c(Cl)c(N)c2Cl)cc1. The molecule has 1 heterocycles. The maximum atomic E-state index is 12.1. The van der Waals surface area contributed by atoms with Gasteiger partial charge in [0.25, 0.3) is 5.91 Å². The standard InChI is InChI=1S/C15H10Cl3N5O2/c16-10-12(20)11(17)14(18)22-13(10)15(24)23-21-7-8-1-3-9(4-2-8)25-6-5-19/h1-4,7H,6H2,(H2,20,22)(H,23,24)/b21-7-. The van der Waals surface area contributed by atoms with Gasteiger partial charge >= 0.3 is 0 Å². The van der Waals surface area contributed by atoms with Crippen LogP contribution in [0.15, 0.2) is 29.4 Å². The first kappa shape index (κ1) is 18.8. The minimum absolute atomic E-state index is 0.0228. The summed E-state index contributed by atoms with van der Waals surface area (Å²) in [5.41, 5.74) is 8.38. The number of hydrazone groups is 1. The van der Waals surface area contributed by atoms with Gasteiger partial charge in [0.1, 0.15) is 16.8 Å². The lowest BCUT2D eigenvalue weighted by Gasteiger charge is -2.07. The van der Waals surface area contributed by atoms with E-state index in [9.17, 15) is 4.79 Å². The number of nitrogen functional groups attached to an aromatic ring is 1. The number of nitrogens with zero attached hydrogens (tertiary/aromatic N) is 3. The number of nitrogens with two attached hydrogens (primary N) is 1. The number of hydrogen-bond donors (Lipinski definition) is 2. The van der Waals surface area contributed by atoms with Gasteiger partial charge < -0.3 is 10.5 Å². The quantitative estimate of drug-likeness (QED) is 0.456. The predicted octanol–water partition coefficient (Wildman–Crippen LogP) is 3.29. The van der Waals surface area contributed by atoms with E-state index in [4.69, 9.17) is 50.5 Å². The van der Waals surface area contributed by atoms with Crippen molar-refractivity contribution in [3.05, 3.63) is 50.7 Å². The number of benzene rings is 1. The number of ether oxygens (including phenoxy) is 1. The number of carbonyl (C=O) groups excluding carboxylic acids is 1. The van der Waals surface area contributed by atoms with E-state index in [1.807, 2.05) is 6.07 Å². The number of halogens is 3. The first-order valence-electron chi connectivity index (χ1n) is 6.67. The van der Waals surface area contributed by atoms with Crippen LogP contribution in [0.4, 0.5) is 5.69 Å². The maximum absolute atomic E-state index is 12.1. The van der Waals surface area contributed by atoms with Crippen molar-refractivity contribution >= 4 is 52.6 Å². The summed E-state index contributed by atoms with van der Waals surface area (Å²) in [5.74, 6) is -0.148. The molecule has 0 aliphatic carbocycles. The van der Waals surface area contributed by atoms with Gasteiger partial charge in [0.05, 0.1) is 16.9 Å². The molecule has 0 radical (unpaired) electrons. The molecule has 25 heavy (non-hydrogen) atoms. The van der Waals surface area contributed by atoms with Gasteiger partial charge in [-0.2, -0.15) is 10.4 Å². The van der Waals surface area contributed by atoms with Crippen LogP contribution in [-0.2, 0) is 0 Å². The zero-order chi connectivity index (χ0) is 18.4. The Morgan fingerprint density at radius 3 is 2.64 bits per heavy atom. The highest BCUT2D eigenvalue weighted by molar-refractivity contribution is 6.46. The number of hydrogen-bond acceptors (Lipinski definition) is 6. The normalized spacial score (nSPS) is 10.5. The van der Waals surface area contributed by atoms with Gasteiger partial charge in [0.2, 0.25) is 0 Å². The molecule has 0 saturated carbocycles. The second-order valence-electron chi connectivity index (χ2n) is 4.51. The van der Waals surface area contributed by atoms with Crippen molar-refractivity contribution < 1.29 is 9.53 Å². The van der Waals surface area contributed by atoms with Gasteiger partial charge in [0.15, 0.2) is 17.5 Å². The van der Waals surface area contributed by atoms with Gasteiger partial charge in [0, 0.05) is 0 Å². The van der Waals surface area contributed by atoms with Gasteiger partial charge in [-0.1, -0.05) is 34.8 Å². The molecule has 2 aromatic rings. The fraction of sp³-hybridized carbons (Fsp3) is 0.0667. The molecular formula is C15H10Cl3N5O2. The van der Waals surface area contributed by atoms with Crippen LogP contribution in [0.3, 0.4) is 0 Å². The van der Waals surface area contributed by atoms with Crippen LogP contribution >= 0.6 is 34.8 Å². The maximum Gasteiger partial charge on any atom is 0.291 e. The first-order chi connectivity index (χ1) is 11.9. The molecular weight excluding hydrogens is 389 g/mol. The van der Waals surface area contributed by atoms with Crippen LogP contribution in [0.5, 0.6) is 5.75 Å². The topological polar surface area (TPSA) is 113 Å². The minimum atomic E-state index is -0.694. The van der Waals surface area contributed by atoms with Crippen molar-refractivity contribution in [3.63, 3.8) is 0 Å². The lowest BCUT2D eigenvalue weighted by molar-refractivity contribution is 0.0950. The zero-order valence-electron chi connectivity index (χ0n) is 12.5. The molecule has 0 spiro atoms. The molecule has 0 fully saturated rings. The van der Waals surface area contributed by atoms with Gasteiger partial charge in [-0.15, -0.1) is 0 Å². The average Bonchev–Trinajstić information content (AvgIpc) is 2.62. The third-order valence-corrected chi connectivity index (χ3v) is 3.99. The van der Waals surface area contributed by atoms with Crippen molar-refractivity contribution in [2.75, 3.05) is 12.3 Å². The molecule has 7 nitrogen and oxygen atoms in total. The molecule has 2 rings (SSSR count). The summed E-state index contributed by atoms with van der Waals surface area (Å²) in [4.78, 5) is 15.9. The summed E-state index contributed by atoms with van der Waals surface area (Å²) in [6.45, 7) is -0.0377. The lowest BCUT2D eigenvalue weighted by atomic mass is 10.2. The van der Waals surface area contributed by atoms with Crippen LogP contribution in [-0.4, -0.2) is 23.7 Å². The van der Waals surface area contributed by atoms with Crippen molar-refractivity contribution in [2.45, 2.75) is 0 Å². The molecule has 128 valence electrons. The molecule has 0 aliphatic rings. The number of nitriles is 1. The first-order valence-corrected chi connectivity index (χ1v) is 7.80. The Kier molecular flexibility index (Phi) is 6.42. The molecule has 0 bridgehead atoms. The highest BCUT2D eigenvalue weighted by Gasteiger charge is 2.19. The van der Waals surface area contributed by atoms with E-state index >= 15 is 0 Å². The largest absolute Gasteiger partial charge is 0.479 e. The number of pyridine rings is 1. The van der Waals surface area contributed by atoms with E-state index in [0.717, 1.165) is 0 Å². The Bertz CT molecular complexity index is 863. The fourth-order valence-electron chi connectivity index (χ4n) is 1.67. The zero-order valence-corrected chi connectivity index (χ0v) is 14.7. The van der Waals surface area contributed by atoms with E-state index < -0.39 is 5.91 Å². The van der Waals surface area contributed by atoms with E-state index in [2.05, 4.69) is 15.5 Å². The summed E-state index contributed by atoms with van der Waals surface area (Å²) < 4.78 is 5.12. The van der Waals surface area contributed by atoms with Gasteiger partial charge in [-0.05, 0) is 29.8 Å². The summed E-state index contributed by atoms with van der Waals surface area (Å²) in [5, 5.41) is 12.0. The third kappa shape index (κ3) is 4.73. The van der Waals surface area contributed by atoms with Crippen LogP contribution in [0.1, 0.15) is 16.1 Å². The van der Waals surface area contributed by atoms with Crippen LogP contribution in [0.25, 0.3) is 0 Å². The summed E-state index contributed by atoms with van der Waals surface area (Å²) in [6, 6.07) is 8.60. The van der Waals surface area contributed by atoms with Crippen molar-refractivity contribution in [1.82, 2.24) is 10.4 Å². The molecule has 3 N–H and O–H groups in total. The Morgan fingerprint density at radius 2 is 2.00 bits per heavy atom. The summed E-state index contributed by atoms with van der Waals surface area (Å²) >= 11 is 17.5. The molecule has 0 aliphatic heterocycles. The molecule has 0 saturated heterocycles. The lowest BCUT2D eigenvalue weighted by Crippen LogP contribution is -2.20. The van der Waals surface area contributed by atoms with E-state index in [1.165, 1.54) is 6.21 Å². The molecule has 1 aromatic carbocycles. The third-order valence-electron chi connectivity index (χ3n) is 2.85. The average molecular weight is 399 g/mol. The monoisotopic (exact) mass is 397 g/mol.